The number of nitrogens with zero attached hydrogens (tertiary/aromatic N) is 3. The van der Waals surface area contributed by atoms with Crippen molar-refractivity contribution in [3.8, 4) is 0 Å². The first kappa shape index (κ1) is 22.0. The molecule has 0 aliphatic carbocycles. The van der Waals surface area contributed by atoms with Crippen LogP contribution in [0, 0.1) is 0 Å². The molecular weight excluding hydrogens is 342 g/mol. The fraction of sp³-hybridized carbons (Fsp3) is 0.480. The highest BCUT2D eigenvalue weighted by Gasteiger charge is 2.15. The van der Waals surface area contributed by atoms with E-state index in [9.17, 15) is 0 Å². The summed E-state index contributed by atoms with van der Waals surface area (Å²) in [5.41, 5.74) is 7.23. The zero-order valence-corrected chi connectivity index (χ0v) is 19.0. The largest absolute Gasteiger partial charge is 0.282 e. The molecule has 2 rings (SSSR count). The first-order chi connectivity index (χ1) is 13.0. The summed E-state index contributed by atoms with van der Waals surface area (Å²) in [6.45, 7) is 19.3. The molecule has 0 unspecified atom stereocenters. The van der Waals surface area contributed by atoms with E-state index in [-0.39, 0.29) is 5.54 Å². The minimum absolute atomic E-state index is 0.118. The van der Waals surface area contributed by atoms with Gasteiger partial charge in [0.2, 0.25) is 0 Å². The van der Waals surface area contributed by atoms with E-state index < -0.39 is 0 Å². The van der Waals surface area contributed by atoms with Crippen molar-refractivity contribution in [3.05, 3.63) is 58.9 Å². The first-order valence-electron chi connectivity index (χ1n) is 10.2. The van der Waals surface area contributed by atoms with Crippen molar-refractivity contribution >= 4 is 17.1 Å². The Morgan fingerprint density at radius 2 is 1.25 bits per heavy atom. The minimum atomic E-state index is -0.118. The number of hydrogen-bond donors (Lipinski definition) is 0. The second-order valence-corrected chi connectivity index (χ2v) is 9.07. The zero-order valence-electron chi connectivity index (χ0n) is 19.0. The van der Waals surface area contributed by atoms with Crippen molar-refractivity contribution in [3.63, 3.8) is 0 Å². The van der Waals surface area contributed by atoms with Crippen LogP contribution in [-0.4, -0.2) is 21.9 Å². The molecule has 1 aromatic carbocycles. The van der Waals surface area contributed by atoms with Crippen LogP contribution in [0.1, 0.15) is 96.7 Å². The number of hydrogen-bond acceptors (Lipinski definition) is 3. The summed E-state index contributed by atoms with van der Waals surface area (Å²) in [6, 6.07) is 12.6. The Bertz CT molecular complexity index is 855. The summed E-state index contributed by atoms with van der Waals surface area (Å²) in [7, 11) is 0. The molecule has 28 heavy (non-hydrogen) atoms. The van der Waals surface area contributed by atoms with Crippen LogP contribution in [0.5, 0.6) is 0 Å². The van der Waals surface area contributed by atoms with E-state index in [1.807, 2.05) is 32.0 Å². The predicted molar refractivity (Wildman–Crippen MR) is 123 cm³/mol. The van der Waals surface area contributed by atoms with Crippen LogP contribution in [0.15, 0.2) is 46.4 Å². The SMILES string of the molecule is C/C(=N\c1c(C(C)C)cccc1C(C)C)c1cccc(/C(C)=N/C(C)(C)C)n1. The maximum absolute atomic E-state index is 5.06. The average molecular weight is 378 g/mol. The van der Waals surface area contributed by atoms with Crippen LogP contribution in [0.4, 0.5) is 5.69 Å². The third kappa shape index (κ3) is 5.60. The van der Waals surface area contributed by atoms with E-state index in [1.165, 1.54) is 11.1 Å². The minimum Gasteiger partial charge on any atom is -0.282 e. The molecule has 3 nitrogen and oxygen atoms in total. The van der Waals surface area contributed by atoms with E-state index in [1.54, 1.807) is 0 Å². The monoisotopic (exact) mass is 377 g/mol. The molecule has 0 saturated heterocycles. The van der Waals surface area contributed by atoms with Crippen molar-refractivity contribution in [2.45, 2.75) is 79.7 Å². The van der Waals surface area contributed by atoms with Gasteiger partial charge in [0.15, 0.2) is 0 Å². The Balaban J connectivity index is 2.53. The number of benzene rings is 1. The van der Waals surface area contributed by atoms with E-state index in [0.29, 0.717) is 11.8 Å². The van der Waals surface area contributed by atoms with Gasteiger partial charge in [0.05, 0.1) is 34.0 Å². The molecule has 0 saturated carbocycles. The molecule has 0 spiro atoms. The van der Waals surface area contributed by atoms with Gasteiger partial charge in [-0.25, -0.2) is 4.98 Å². The van der Waals surface area contributed by atoms with Crippen LogP contribution in [-0.2, 0) is 0 Å². The highest BCUT2D eigenvalue weighted by molar-refractivity contribution is 6.02. The molecule has 0 radical (unpaired) electrons. The Kier molecular flexibility index (Phi) is 6.92. The van der Waals surface area contributed by atoms with Crippen molar-refractivity contribution < 1.29 is 0 Å². The van der Waals surface area contributed by atoms with Gasteiger partial charge in [0.1, 0.15) is 0 Å². The maximum atomic E-state index is 5.06. The normalized spacial score (nSPS) is 13.5. The number of aromatic nitrogens is 1. The summed E-state index contributed by atoms with van der Waals surface area (Å²) < 4.78 is 0. The van der Waals surface area contributed by atoms with E-state index in [2.05, 4.69) is 66.7 Å². The molecule has 150 valence electrons. The smallest absolute Gasteiger partial charge is 0.0849 e. The van der Waals surface area contributed by atoms with Gasteiger partial charge < -0.3 is 0 Å². The summed E-state index contributed by atoms with van der Waals surface area (Å²) in [5.74, 6) is 0.844. The van der Waals surface area contributed by atoms with E-state index >= 15 is 0 Å². The maximum Gasteiger partial charge on any atom is 0.0849 e. The topological polar surface area (TPSA) is 37.6 Å². The molecule has 2 aromatic rings. The molecule has 0 amide bonds. The third-order valence-electron chi connectivity index (χ3n) is 4.62. The Morgan fingerprint density at radius 1 is 0.786 bits per heavy atom. The van der Waals surface area contributed by atoms with Gasteiger partial charge in [-0.2, -0.15) is 0 Å². The van der Waals surface area contributed by atoms with Gasteiger partial charge in [-0.05, 0) is 69.7 Å². The molecule has 0 fully saturated rings. The molecule has 0 bridgehead atoms. The molecule has 0 aliphatic heterocycles. The van der Waals surface area contributed by atoms with Crippen molar-refractivity contribution in [1.82, 2.24) is 4.98 Å². The molecule has 1 heterocycles. The predicted octanol–water partition coefficient (Wildman–Crippen LogP) is 7.08. The number of rotatable bonds is 5. The molecular formula is C25H35N3. The van der Waals surface area contributed by atoms with Gasteiger partial charge in [-0.15, -0.1) is 0 Å². The van der Waals surface area contributed by atoms with Crippen LogP contribution in [0.2, 0.25) is 0 Å². The highest BCUT2D eigenvalue weighted by atomic mass is 14.9. The van der Waals surface area contributed by atoms with Crippen molar-refractivity contribution in [2.75, 3.05) is 0 Å². The summed E-state index contributed by atoms with van der Waals surface area (Å²) >= 11 is 0. The molecule has 3 heteroatoms. The average Bonchev–Trinajstić information content (AvgIpc) is 2.60. The summed E-state index contributed by atoms with van der Waals surface area (Å²) in [4.78, 5) is 14.7. The Labute approximate surface area is 171 Å². The molecule has 0 atom stereocenters. The molecule has 0 aliphatic rings. The van der Waals surface area contributed by atoms with E-state index in [0.717, 1.165) is 28.5 Å². The Hall–Kier alpha value is -2.29. The lowest BCUT2D eigenvalue weighted by Crippen LogP contribution is -2.14. The lowest BCUT2D eigenvalue weighted by Gasteiger charge is -2.17. The molecule has 0 N–H and O–H groups in total. The molecule has 1 aromatic heterocycles. The second kappa shape index (κ2) is 8.81. The Morgan fingerprint density at radius 3 is 1.71 bits per heavy atom. The van der Waals surface area contributed by atoms with Crippen molar-refractivity contribution in [1.29, 1.82) is 0 Å². The summed E-state index contributed by atoms with van der Waals surface area (Å²) in [6.07, 6.45) is 0. The van der Waals surface area contributed by atoms with Gasteiger partial charge in [-0.3, -0.25) is 9.98 Å². The number of pyridine rings is 1. The van der Waals surface area contributed by atoms with E-state index in [4.69, 9.17) is 15.0 Å². The van der Waals surface area contributed by atoms with Gasteiger partial charge >= 0.3 is 0 Å². The second-order valence-electron chi connectivity index (χ2n) is 9.07. The standard InChI is InChI=1S/C25H35N3/c1-16(2)20-12-10-13-21(17(3)4)24(20)26-18(5)22-14-11-15-23(27-22)19(6)28-25(7,8)9/h10-17H,1-9H3/b26-18+,28-19+. The van der Waals surface area contributed by atoms with Crippen molar-refractivity contribution in [2.24, 2.45) is 9.98 Å². The van der Waals surface area contributed by atoms with Crippen LogP contribution in [0.3, 0.4) is 0 Å². The van der Waals surface area contributed by atoms with Gasteiger partial charge in [0, 0.05) is 0 Å². The van der Waals surface area contributed by atoms with Gasteiger partial charge in [0.25, 0.3) is 0 Å². The zero-order chi connectivity index (χ0) is 21.1. The van der Waals surface area contributed by atoms with Crippen LogP contribution >= 0.6 is 0 Å². The number of para-hydroxylation sites is 1. The third-order valence-corrected chi connectivity index (χ3v) is 4.62. The lowest BCUT2D eigenvalue weighted by atomic mass is 9.93. The first-order valence-corrected chi connectivity index (χ1v) is 10.2. The highest BCUT2D eigenvalue weighted by Crippen LogP contribution is 2.35. The number of aliphatic imine (C=N–C) groups is 2. The quantitative estimate of drug-likeness (QED) is 0.513. The summed E-state index contributed by atoms with van der Waals surface area (Å²) in [5, 5.41) is 0. The van der Waals surface area contributed by atoms with Crippen LogP contribution < -0.4 is 0 Å². The van der Waals surface area contributed by atoms with Gasteiger partial charge in [-0.1, -0.05) is 52.0 Å². The van der Waals surface area contributed by atoms with Crippen LogP contribution in [0.25, 0.3) is 0 Å². The fourth-order valence-electron chi connectivity index (χ4n) is 3.26. The lowest BCUT2D eigenvalue weighted by molar-refractivity contribution is 0.583. The fourth-order valence-corrected chi connectivity index (χ4v) is 3.26.